The Labute approximate surface area is 214 Å². The third-order valence-electron chi connectivity index (χ3n) is 6.01. The zero-order valence-electron chi connectivity index (χ0n) is 20.7. The third-order valence-corrected chi connectivity index (χ3v) is 6.01. The molecular weight excluding hydrogens is 444 g/mol. The van der Waals surface area contributed by atoms with Gasteiger partial charge in [-0.3, -0.25) is 9.97 Å². The van der Waals surface area contributed by atoms with Gasteiger partial charge in [0, 0.05) is 51.7 Å². The van der Waals surface area contributed by atoms with E-state index in [2.05, 4.69) is 91.9 Å². The van der Waals surface area contributed by atoms with Gasteiger partial charge in [0.15, 0.2) is 0 Å². The Kier molecular flexibility index (Phi) is 10.6. The van der Waals surface area contributed by atoms with Gasteiger partial charge in [-0.1, -0.05) is 72.8 Å². The molecule has 4 N–H and O–H groups in total. The summed E-state index contributed by atoms with van der Waals surface area (Å²) in [6, 6.07) is 33.3. The largest absolute Gasteiger partial charge is 0.314 e. The predicted octanol–water partition coefficient (Wildman–Crippen LogP) is 3.71. The highest BCUT2D eigenvalue weighted by Gasteiger charge is 2.14. The summed E-state index contributed by atoms with van der Waals surface area (Å²) in [5.74, 6) is 0. The Morgan fingerprint density at radius 3 is 1.22 bits per heavy atom. The molecule has 0 radical (unpaired) electrons. The summed E-state index contributed by atoms with van der Waals surface area (Å²) in [5, 5.41) is 14.3. The van der Waals surface area contributed by atoms with Crippen LogP contribution in [-0.2, 0) is 0 Å². The van der Waals surface area contributed by atoms with Gasteiger partial charge in [-0.15, -0.1) is 0 Å². The Hall–Kier alpha value is -3.42. The van der Waals surface area contributed by atoms with E-state index in [1.54, 1.807) is 0 Å². The molecule has 0 spiro atoms. The molecule has 0 amide bonds. The normalized spacial score (nSPS) is 12.8. The second-order valence-corrected chi connectivity index (χ2v) is 8.60. The van der Waals surface area contributed by atoms with E-state index < -0.39 is 0 Å². The number of pyridine rings is 2. The lowest BCUT2D eigenvalue weighted by molar-refractivity contribution is 0.531. The summed E-state index contributed by atoms with van der Waals surface area (Å²) in [6.07, 6.45) is 3.70. The van der Waals surface area contributed by atoms with Crippen LogP contribution < -0.4 is 21.3 Å². The van der Waals surface area contributed by atoms with Crippen molar-refractivity contribution in [3.05, 3.63) is 132 Å². The third kappa shape index (κ3) is 8.07. The van der Waals surface area contributed by atoms with Crippen molar-refractivity contribution in [2.45, 2.75) is 12.1 Å². The SMILES string of the molecule is c1ccc(C(NCCNCCNCCNC(c2ccccc2)c2ccccn2)c2ccccn2)cc1. The standard InChI is InChI=1S/C30H36N6/c1-3-11-25(12-4-1)29(27-15-7-9-17-33-27)35-23-21-31-19-20-32-22-24-36-30(26-13-5-2-6-14-26)28-16-8-10-18-34-28/h1-18,29-32,35-36H,19-24H2. The Morgan fingerprint density at radius 2 is 0.833 bits per heavy atom. The number of benzene rings is 2. The molecule has 6 nitrogen and oxygen atoms in total. The summed E-state index contributed by atoms with van der Waals surface area (Å²) in [7, 11) is 0. The van der Waals surface area contributed by atoms with Crippen LogP contribution in [0.2, 0.25) is 0 Å². The molecule has 6 heteroatoms. The van der Waals surface area contributed by atoms with Crippen LogP contribution in [0.1, 0.15) is 34.6 Å². The average Bonchev–Trinajstić information content (AvgIpc) is 2.96. The average molecular weight is 481 g/mol. The molecule has 0 aliphatic heterocycles. The summed E-state index contributed by atoms with van der Waals surface area (Å²) in [4.78, 5) is 9.12. The number of nitrogens with one attached hydrogen (secondary N) is 4. The second-order valence-electron chi connectivity index (χ2n) is 8.60. The van der Waals surface area contributed by atoms with Crippen molar-refractivity contribution in [1.29, 1.82) is 0 Å². The van der Waals surface area contributed by atoms with Crippen LogP contribution in [0.25, 0.3) is 0 Å². The van der Waals surface area contributed by atoms with Crippen molar-refractivity contribution in [3.8, 4) is 0 Å². The molecule has 2 unspecified atom stereocenters. The maximum absolute atomic E-state index is 4.56. The molecule has 4 aromatic rings. The number of aromatic nitrogens is 2. The highest BCUT2D eigenvalue weighted by Crippen LogP contribution is 2.20. The predicted molar refractivity (Wildman–Crippen MR) is 147 cm³/mol. The number of hydrogen-bond acceptors (Lipinski definition) is 6. The minimum atomic E-state index is 0.0927. The molecule has 0 saturated heterocycles. The van der Waals surface area contributed by atoms with Gasteiger partial charge in [-0.25, -0.2) is 0 Å². The van der Waals surface area contributed by atoms with Crippen LogP contribution >= 0.6 is 0 Å². The fourth-order valence-electron chi connectivity index (χ4n) is 4.21. The van der Waals surface area contributed by atoms with Crippen LogP contribution in [0.5, 0.6) is 0 Å². The molecular formula is C30H36N6. The van der Waals surface area contributed by atoms with Crippen molar-refractivity contribution in [1.82, 2.24) is 31.2 Å². The van der Waals surface area contributed by atoms with Crippen LogP contribution in [0, 0.1) is 0 Å². The minimum absolute atomic E-state index is 0.0927. The van der Waals surface area contributed by atoms with E-state index >= 15 is 0 Å². The summed E-state index contributed by atoms with van der Waals surface area (Å²) < 4.78 is 0. The first-order chi connectivity index (χ1) is 17.9. The van der Waals surface area contributed by atoms with E-state index in [4.69, 9.17) is 0 Å². The van der Waals surface area contributed by atoms with Gasteiger partial charge in [0.2, 0.25) is 0 Å². The second kappa shape index (κ2) is 14.9. The van der Waals surface area contributed by atoms with E-state index in [0.29, 0.717) is 0 Å². The van der Waals surface area contributed by atoms with Crippen LogP contribution in [-0.4, -0.2) is 49.2 Å². The van der Waals surface area contributed by atoms with E-state index in [1.165, 1.54) is 11.1 Å². The lowest BCUT2D eigenvalue weighted by atomic mass is 10.0. The zero-order chi connectivity index (χ0) is 24.7. The van der Waals surface area contributed by atoms with E-state index in [1.807, 2.05) is 48.8 Å². The van der Waals surface area contributed by atoms with Crippen LogP contribution in [0.3, 0.4) is 0 Å². The maximum Gasteiger partial charge on any atom is 0.0751 e. The number of nitrogens with zero attached hydrogens (tertiary/aromatic N) is 2. The highest BCUT2D eigenvalue weighted by atomic mass is 15.0. The molecule has 0 aliphatic rings. The molecule has 2 aromatic heterocycles. The van der Waals surface area contributed by atoms with Crippen molar-refractivity contribution >= 4 is 0 Å². The molecule has 0 saturated carbocycles. The molecule has 0 fully saturated rings. The number of hydrogen-bond donors (Lipinski definition) is 4. The lowest BCUT2D eigenvalue weighted by Crippen LogP contribution is -2.36. The van der Waals surface area contributed by atoms with E-state index in [9.17, 15) is 0 Å². The first-order valence-corrected chi connectivity index (χ1v) is 12.7. The molecule has 2 atom stereocenters. The monoisotopic (exact) mass is 480 g/mol. The Morgan fingerprint density at radius 1 is 0.444 bits per heavy atom. The summed E-state index contributed by atoms with van der Waals surface area (Å²) in [5.41, 5.74) is 4.53. The first kappa shape index (κ1) is 25.7. The topological polar surface area (TPSA) is 73.9 Å². The maximum atomic E-state index is 4.56. The van der Waals surface area contributed by atoms with Gasteiger partial charge in [-0.2, -0.15) is 0 Å². The van der Waals surface area contributed by atoms with E-state index in [-0.39, 0.29) is 12.1 Å². The van der Waals surface area contributed by atoms with Crippen molar-refractivity contribution < 1.29 is 0 Å². The molecule has 2 heterocycles. The van der Waals surface area contributed by atoms with Gasteiger partial charge in [-0.05, 0) is 35.4 Å². The fourth-order valence-corrected chi connectivity index (χ4v) is 4.21. The summed E-state index contributed by atoms with van der Waals surface area (Å²) >= 11 is 0. The Bertz CT molecular complexity index is 923. The quantitative estimate of drug-likeness (QED) is 0.194. The van der Waals surface area contributed by atoms with E-state index in [0.717, 1.165) is 50.7 Å². The summed E-state index contributed by atoms with van der Waals surface area (Å²) in [6.45, 7) is 5.35. The first-order valence-electron chi connectivity index (χ1n) is 12.7. The molecule has 4 rings (SSSR count). The minimum Gasteiger partial charge on any atom is -0.314 e. The lowest BCUT2D eigenvalue weighted by Gasteiger charge is -2.19. The Balaban J connectivity index is 1.13. The van der Waals surface area contributed by atoms with Gasteiger partial charge in [0.1, 0.15) is 0 Å². The molecule has 2 aromatic carbocycles. The molecule has 0 bridgehead atoms. The van der Waals surface area contributed by atoms with Gasteiger partial charge < -0.3 is 21.3 Å². The molecule has 186 valence electrons. The van der Waals surface area contributed by atoms with Crippen molar-refractivity contribution in [2.75, 3.05) is 39.3 Å². The highest BCUT2D eigenvalue weighted by molar-refractivity contribution is 5.28. The number of rotatable bonds is 15. The van der Waals surface area contributed by atoms with Crippen LogP contribution in [0.15, 0.2) is 109 Å². The van der Waals surface area contributed by atoms with Gasteiger partial charge >= 0.3 is 0 Å². The molecule has 36 heavy (non-hydrogen) atoms. The van der Waals surface area contributed by atoms with Gasteiger partial charge in [0.05, 0.1) is 23.5 Å². The van der Waals surface area contributed by atoms with Crippen molar-refractivity contribution in [3.63, 3.8) is 0 Å². The smallest absolute Gasteiger partial charge is 0.0751 e. The van der Waals surface area contributed by atoms with Crippen molar-refractivity contribution in [2.24, 2.45) is 0 Å². The molecule has 0 aliphatic carbocycles. The zero-order valence-corrected chi connectivity index (χ0v) is 20.7. The van der Waals surface area contributed by atoms with Crippen LogP contribution in [0.4, 0.5) is 0 Å². The fraction of sp³-hybridized carbons (Fsp3) is 0.267. The van der Waals surface area contributed by atoms with Gasteiger partial charge in [0.25, 0.3) is 0 Å².